The van der Waals surface area contributed by atoms with E-state index in [0.717, 1.165) is 27.1 Å². The molecule has 0 saturated heterocycles. The van der Waals surface area contributed by atoms with E-state index in [1.807, 2.05) is 61.1 Å². The van der Waals surface area contributed by atoms with E-state index in [1.54, 1.807) is 6.33 Å². The molecule has 45 heavy (non-hydrogen) atoms. The van der Waals surface area contributed by atoms with Crippen molar-refractivity contribution in [2.24, 2.45) is 0 Å². The van der Waals surface area contributed by atoms with Gasteiger partial charge in [-0.1, -0.05) is 134 Å². The third-order valence-electron chi connectivity index (χ3n) is 7.01. The summed E-state index contributed by atoms with van der Waals surface area (Å²) < 4.78 is 5.61. The number of aromatic amines is 1. The van der Waals surface area contributed by atoms with Crippen molar-refractivity contribution in [1.29, 1.82) is 0 Å². The molecule has 0 radical (unpaired) electrons. The van der Waals surface area contributed by atoms with Gasteiger partial charge in [0.25, 0.3) is 0 Å². The van der Waals surface area contributed by atoms with Gasteiger partial charge in [-0.25, -0.2) is 9.97 Å². The lowest BCUT2D eigenvalue weighted by Gasteiger charge is -2.20. The average molecular weight is 838 g/mol. The molecule has 0 saturated carbocycles. The van der Waals surface area contributed by atoms with Crippen molar-refractivity contribution < 1.29 is 0 Å². The second kappa shape index (κ2) is 15.5. The van der Waals surface area contributed by atoms with Gasteiger partial charge in [0.15, 0.2) is 0 Å². The van der Waals surface area contributed by atoms with Gasteiger partial charge < -0.3 is 9.55 Å². The molecule has 0 aliphatic rings. The second-order valence-electron chi connectivity index (χ2n) is 12.7. The lowest BCUT2D eigenvalue weighted by atomic mass is 9.87. The predicted octanol–water partition coefficient (Wildman–Crippen LogP) is 12.0. The summed E-state index contributed by atoms with van der Waals surface area (Å²) >= 11 is 9.46. The molecule has 7 heteroatoms. The van der Waals surface area contributed by atoms with Crippen LogP contribution in [-0.4, -0.2) is 19.5 Å². The van der Waals surface area contributed by atoms with E-state index in [1.165, 1.54) is 24.7 Å². The molecule has 0 unspecified atom stereocenters. The highest BCUT2D eigenvalue weighted by Gasteiger charge is 2.16. The fraction of sp³-hybridized carbons (Fsp3) is 0.211. The number of rotatable bonds is 3. The summed E-state index contributed by atoms with van der Waals surface area (Å²) in [5, 5.41) is 0. The van der Waals surface area contributed by atoms with E-state index in [2.05, 4.69) is 170 Å². The largest absolute Gasteiger partial charge is 0.345 e. The molecule has 0 amide bonds. The maximum absolute atomic E-state index is 4.53. The molecule has 0 spiro atoms. The van der Waals surface area contributed by atoms with Crippen molar-refractivity contribution in [2.45, 2.75) is 52.4 Å². The first-order valence-corrected chi connectivity index (χ1v) is 17.4. The first kappa shape index (κ1) is 34.9. The van der Waals surface area contributed by atoms with E-state index in [9.17, 15) is 0 Å². The third kappa shape index (κ3) is 10.5. The molecule has 0 aliphatic heterocycles. The van der Waals surface area contributed by atoms with E-state index in [0.29, 0.717) is 0 Å². The highest BCUT2D eigenvalue weighted by molar-refractivity contribution is 14.1. The lowest BCUT2D eigenvalue weighted by Crippen LogP contribution is -2.11. The molecule has 2 heterocycles. The number of H-pyrrole nitrogens is 1. The standard InChI is InChI=1S/C19H19BrN2.C10H12BrI.C9H8N2/c1-19(2,3)15-9-16(20)11-17(10-15)22-12-18(21-13-22)14-7-5-4-6-8-14;1-10(2,3)7-4-8(11)6-9(12)5-7;1-2-4-8(5-3-1)9-6-10-7-11-9/h4-13H,1-3H3;4-6H,1-3H3;1-7H,(H,10,11). The van der Waals surface area contributed by atoms with Crippen LogP contribution in [0.3, 0.4) is 0 Å². The quantitative estimate of drug-likeness (QED) is 0.181. The Morgan fingerprint density at radius 1 is 0.689 bits per heavy atom. The van der Waals surface area contributed by atoms with E-state index in [4.69, 9.17) is 0 Å². The third-order valence-corrected chi connectivity index (χ3v) is 8.55. The molecule has 2 aromatic heterocycles. The van der Waals surface area contributed by atoms with Gasteiger partial charge in [-0.3, -0.25) is 0 Å². The summed E-state index contributed by atoms with van der Waals surface area (Å²) in [7, 11) is 0. The molecular weight excluding hydrogens is 799 g/mol. The van der Waals surface area contributed by atoms with Crippen LogP contribution in [0.2, 0.25) is 0 Å². The van der Waals surface area contributed by atoms with Gasteiger partial charge in [-0.15, -0.1) is 0 Å². The number of hydrogen-bond donors (Lipinski definition) is 1. The number of aromatic nitrogens is 4. The monoisotopic (exact) mass is 836 g/mol. The topological polar surface area (TPSA) is 46.5 Å². The molecule has 1 N–H and O–H groups in total. The molecule has 4 nitrogen and oxygen atoms in total. The van der Waals surface area contributed by atoms with E-state index in [-0.39, 0.29) is 10.8 Å². The van der Waals surface area contributed by atoms with Crippen molar-refractivity contribution in [2.75, 3.05) is 0 Å². The number of halogens is 3. The zero-order valence-electron chi connectivity index (χ0n) is 26.5. The number of nitrogens with zero attached hydrogens (tertiary/aromatic N) is 3. The summed E-state index contributed by atoms with van der Waals surface area (Å²) in [5.74, 6) is 0. The molecule has 6 aromatic rings. The average Bonchev–Trinajstić information content (AvgIpc) is 3.71. The van der Waals surface area contributed by atoms with Crippen molar-refractivity contribution >= 4 is 54.5 Å². The van der Waals surface area contributed by atoms with Gasteiger partial charge >= 0.3 is 0 Å². The Morgan fingerprint density at radius 3 is 1.78 bits per heavy atom. The fourth-order valence-corrected chi connectivity index (χ4v) is 6.47. The zero-order valence-corrected chi connectivity index (χ0v) is 31.9. The minimum absolute atomic E-state index is 0.112. The van der Waals surface area contributed by atoms with Crippen LogP contribution in [0.1, 0.15) is 52.7 Å². The van der Waals surface area contributed by atoms with Crippen LogP contribution >= 0.6 is 54.5 Å². The first-order valence-electron chi connectivity index (χ1n) is 14.7. The van der Waals surface area contributed by atoms with Gasteiger partial charge in [-0.2, -0.15) is 0 Å². The van der Waals surface area contributed by atoms with E-state index < -0.39 is 0 Å². The molecular formula is C38H39Br2IN4. The molecule has 0 aliphatic carbocycles. The Labute approximate surface area is 298 Å². The van der Waals surface area contributed by atoms with Crippen molar-refractivity contribution in [3.05, 3.63) is 146 Å². The normalized spacial score (nSPS) is 11.2. The predicted molar refractivity (Wildman–Crippen MR) is 205 cm³/mol. The molecule has 232 valence electrons. The van der Waals surface area contributed by atoms with Gasteiger partial charge in [-0.05, 0) is 86.5 Å². The lowest BCUT2D eigenvalue weighted by molar-refractivity contribution is 0.589. The fourth-order valence-electron chi connectivity index (χ4n) is 4.40. The van der Waals surface area contributed by atoms with Gasteiger partial charge in [0.05, 0.1) is 30.2 Å². The minimum Gasteiger partial charge on any atom is -0.345 e. The van der Waals surface area contributed by atoms with Gasteiger partial charge in [0.2, 0.25) is 0 Å². The summed E-state index contributed by atoms with van der Waals surface area (Å²) in [4.78, 5) is 11.5. The van der Waals surface area contributed by atoms with Gasteiger partial charge in [0, 0.05) is 30.0 Å². The Morgan fingerprint density at radius 2 is 1.24 bits per heavy atom. The second-order valence-corrected chi connectivity index (χ2v) is 15.8. The number of benzene rings is 4. The van der Waals surface area contributed by atoms with Crippen LogP contribution in [0.15, 0.2) is 131 Å². The molecule has 0 atom stereocenters. The van der Waals surface area contributed by atoms with Crippen LogP contribution in [-0.2, 0) is 10.8 Å². The first-order chi connectivity index (χ1) is 21.3. The summed E-state index contributed by atoms with van der Waals surface area (Å²) in [5.41, 5.74) is 8.49. The zero-order chi connectivity index (χ0) is 32.6. The van der Waals surface area contributed by atoms with Crippen LogP contribution in [0.5, 0.6) is 0 Å². The molecule has 0 fully saturated rings. The van der Waals surface area contributed by atoms with Crippen LogP contribution in [0.25, 0.3) is 28.2 Å². The van der Waals surface area contributed by atoms with E-state index >= 15 is 0 Å². The van der Waals surface area contributed by atoms with Crippen molar-refractivity contribution in [1.82, 2.24) is 19.5 Å². The molecule has 4 aromatic carbocycles. The smallest absolute Gasteiger partial charge is 0.0999 e. The summed E-state index contributed by atoms with van der Waals surface area (Å²) in [6.07, 6.45) is 7.44. The minimum atomic E-state index is 0.112. The van der Waals surface area contributed by atoms with Crippen molar-refractivity contribution in [3.63, 3.8) is 0 Å². The van der Waals surface area contributed by atoms with Gasteiger partial charge in [0.1, 0.15) is 0 Å². The van der Waals surface area contributed by atoms with Crippen molar-refractivity contribution in [3.8, 4) is 28.2 Å². The Balaban J connectivity index is 0.000000169. The number of imidazole rings is 2. The highest BCUT2D eigenvalue weighted by Crippen LogP contribution is 2.29. The number of nitrogens with one attached hydrogen (secondary N) is 1. The SMILES string of the molecule is CC(C)(C)c1cc(Br)cc(-n2cnc(-c3ccccc3)c2)c1.CC(C)(C)c1cc(Br)cc(I)c1.c1ccc(-c2cnc[nH]2)cc1. The highest BCUT2D eigenvalue weighted by atomic mass is 127. The Kier molecular flexibility index (Phi) is 12.0. The summed E-state index contributed by atoms with van der Waals surface area (Å²) in [6.45, 7) is 13.4. The van der Waals surface area contributed by atoms with Crippen LogP contribution in [0, 0.1) is 3.57 Å². The van der Waals surface area contributed by atoms with Crippen LogP contribution in [0.4, 0.5) is 0 Å². The Bertz CT molecular complexity index is 1760. The summed E-state index contributed by atoms with van der Waals surface area (Å²) in [6, 6.07) is 33.4. The Hall–Kier alpha value is -3.01. The number of hydrogen-bond acceptors (Lipinski definition) is 2. The molecule has 6 rings (SSSR count). The van der Waals surface area contributed by atoms with Crippen LogP contribution < -0.4 is 0 Å². The maximum Gasteiger partial charge on any atom is 0.0999 e. The molecule has 0 bridgehead atoms. The maximum atomic E-state index is 4.53.